The van der Waals surface area contributed by atoms with E-state index in [0.717, 1.165) is 5.56 Å². The van der Waals surface area contributed by atoms with Crippen LogP contribution in [-0.4, -0.2) is 17.0 Å². The van der Waals surface area contributed by atoms with Crippen molar-refractivity contribution in [1.82, 2.24) is 9.88 Å². The summed E-state index contributed by atoms with van der Waals surface area (Å²) in [6.07, 6.45) is 1.61. The zero-order valence-electron chi connectivity index (χ0n) is 13.7. The number of nitrogens with zero attached hydrogens (tertiary/aromatic N) is 1. The van der Waals surface area contributed by atoms with Crippen LogP contribution >= 0.6 is 0 Å². The molecule has 0 radical (unpaired) electrons. The molecule has 0 bridgehead atoms. The average Bonchev–Trinajstić information content (AvgIpc) is 2.55. The highest BCUT2D eigenvalue weighted by Crippen LogP contribution is 2.17. The number of hydrogen-bond donors (Lipinski definition) is 2. The number of aromatic nitrogens is 1. The van der Waals surface area contributed by atoms with E-state index in [-0.39, 0.29) is 23.7 Å². The van der Waals surface area contributed by atoms with Crippen molar-refractivity contribution in [3.05, 3.63) is 69.6 Å². The van der Waals surface area contributed by atoms with E-state index < -0.39 is 5.91 Å². The van der Waals surface area contributed by atoms with Crippen LogP contribution < -0.4 is 16.6 Å². The molecule has 0 fully saturated rings. The molecule has 5 heteroatoms. The Kier molecular flexibility index (Phi) is 5.34. The number of carbonyl (C=O) groups is 1. The van der Waals surface area contributed by atoms with Crippen LogP contribution in [0.3, 0.4) is 0 Å². The second kappa shape index (κ2) is 7.24. The quantitative estimate of drug-likeness (QED) is 0.885. The summed E-state index contributed by atoms with van der Waals surface area (Å²) < 4.78 is 1.37. The van der Waals surface area contributed by atoms with E-state index in [4.69, 9.17) is 5.73 Å². The van der Waals surface area contributed by atoms with Crippen molar-refractivity contribution in [1.29, 1.82) is 0 Å². The largest absolute Gasteiger partial charge is 0.350 e. The van der Waals surface area contributed by atoms with Gasteiger partial charge in [0.25, 0.3) is 11.5 Å². The Bertz CT molecular complexity index is 733. The van der Waals surface area contributed by atoms with E-state index in [0.29, 0.717) is 5.92 Å². The normalized spacial score (nSPS) is 12.2. The fourth-order valence-electron chi connectivity index (χ4n) is 2.31. The molecule has 122 valence electrons. The second-order valence-electron chi connectivity index (χ2n) is 5.98. The Balaban J connectivity index is 2.01. The van der Waals surface area contributed by atoms with Crippen LogP contribution in [-0.2, 0) is 7.05 Å². The third-order valence-corrected chi connectivity index (χ3v) is 3.88. The van der Waals surface area contributed by atoms with Gasteiger partial charge in [-0.25, -0.2) is 0 Å². The van der Waals surface area contributed by atoms with Gasteiger partial charge in [0.15, 0.2) is 0 Å². The lowest BCUT2D eigenvalue weighted by molar-refractivity contribution is 0.0949. The van der Waals surface area contributed by atoms with Crippen LogP contribution in [0.25, 0.3) is 0 Å². The second-order valence-corrected chi connectivity index (χ2v) is 5.98. The molecule has 5 nitrogen and oxygen atoms in total. The lowest BCUT2D eigenvalue weighted by atomic mass is 9.99. The van der Waals surface area contributed by atoms with Gasteiger partial charge in [0.2, 0.25) is 0 Å². The van der Waals surface area contributed by atoms with Crippen molar-refractivity contribution >= 4 is 5.91 Å². The van der Waals surface area contributed by atoms with Crippen molar-refractivity contribution in [2.24, 2.45) is 12.8 Å². The first-order chi connectivity index (χ1) is 10.9. The predicted molar refractivity (Wildman–Crippen MR) is 91.5 cm³/mol. The van der Waals surface area contributed by atoms with Gasteiger partial charge in [-0.3, -0.25) is 9.59 Å². The molecule has 0 aliphatic heterocycles. The fourth-order valence-corrected chi connectivity index (χ4v) is 2.31. The molecule has 1 amide bonds. The number of nitrogens with two attached hydrogens (primary N) is 1. The van der Waals surface area contributed by atoms with E-state index in [1.807, 2.05) is 12.1 Å². The molecule has 2 aromatic rings. The Labute approximate surface area is 136 Å². The van der Waals surface area contributed by atoms with Gasteiger partial charge in [-0.15, -0.1) is 0 Å². The summed E-state index contributed by atoms with van der Waals surface area (Å²) in [4.78, 5) is 24.0. The number of nitrogens with one attached hydrogen (secondary N) is 1. The van der Waals surface area contributed by atoms with Crippen LogP contribution in [0, 0.1) is 0 Å². The summed E-state index contributed by atoms with van der Waals surface area (Å²) in [7, 11) is 1.61. The van der Waals surface area contributed by atoms with Crippen molar-refractivity contribution in [3.63, 3.8) is 0 Å². The predicted octanol–water partition coefficient (Wildman–Crippen LogP) is 1.94. The highest BCUT2D eigenvalue weighted by Gasteiger charge is 2.13. The van der Waals surface area contributed by atoms with Gasteiger partial charge >= 0.3 is 0 Å². The number of hydrogen-bond acceptors (Lipinski definition) is 3. The zero-order valence-corrected chi connectivity index (χ0v) is 13.7. The number of rotatable bonds is 5. The number of benzene rings is 1. The Morgan fingerprint density at radius 3 is 2.39 bits per heavy atom. The molecule has 1 aromatic heterocycles. The summed E-state index contributed by atoms with van der Waals surface area (Å²) in [6.45, 7) is 4.54. The molecule has 0 spiro atoms. The zero-order chi connectivity index (χ0) is 17.0. The van der Waals surface area contributed by atoms with E-state index in [2.05, 4.69) is 31.3 Å². The monoisotopic (exact) mass is 313 g/mol. The van der Waals surface area contributed by atoms with Crippen LogP contribution in [0.4, 0.5) is 0 Å². The summed E-state index contributed by atoms with van der Waals surface area (Å²) in [6, 6.07) is 10.9. The number of aryl methyl sites for hydroxylation is 1. The summed E-state index contributed by atoms with van der Waals surface area (Å²) in [5.74, 6) is 0.0646. The lowest BCUT2D eigenvalue weighted by Crippen LogP contribution is -2.36. The molecule has 23 heavy (non-hydrogen) atoms. The van der Waals surface area contributed by atoms with Gasteiger partial charge in [-0.2, -0.15) is 0 Å². The third-order valence-electron chi connectivity index (χ3n) is 3.88. The Morgan fingerprint density at radius 1 is 1.17 bits per heavy atom. The van der Waals surface area contributed by atoms with Gasteiger partial charge in [0.05, 0.1) is 0 Å². The molecule has 1 aromatic carbocycles. The van der Waals surface area contributed by atoms with E-state index in [1.165, 1.54) is 16.2 Å². The average molecular weight is 313 g/mol. The standard InChI is InChI=1S/C18H23N3O2/c1-12(2)13-6-8-14(9-7-13)16(19)11-20-17(22)15-5-4-10-21(3)18(15)23/h4-10,12,16H,11,19H2,1-3H3,(H,20,22). The number of amides is 1. The maximum Gasteiger partial charge on any atom is 0.263 e. The highest BCUT2D eigenvalue weighted by atomic mass is 16.2. The van der Waals surface area contributed by atoms with Crippen molar-refractivity contribution in [2.45, 2.75) is 25.8 Å². The molecule has 0 saturated heterocycles. The first-order valence-corrected chi connectivity index (χ1v) is 7.69. The van der Waals surface area contributed by atoms with Gasteiger partial charge in [0.1, 0.15) is 5.56 Å². The van der Waals surface area contributed by atoms with Crippen LogP contribution in [0.15, 0.2) is 47.4 Å². The summed E-state index contributed by atoms with van der Waals surface area (Å²) >= 11 is 0. The minimum absolute atomic E-state index is 0.123. The Morgan fingerprint density at radius 2 is 1.78 bits per heavy atom. The van der Waals surface area contributed by atoms with E-state index in [1.54, 1.807) is 19.3 Å². The molecule has 0 aliphatic rings. The highest BCUT2D eigenvalue weighted by molar-refractivity contribution is 5.93. The van der Waals surface area contributed by atoms with Crippen molar-refractivity contribution in [3.8, 4) is 0 Å². The first kappa shape index (κ1) is 17.0. The summed E-state index contributed by atoms with van der Waals surface area (Å²) in [5.41, 5.74) is 8.12. The lowest BCUT2D eigenvalue weighted by Gasteiger charge is -2.14. The molecule has 0 saturated carbocycles. The smallest absolute Gasteiger partial charge is 0.263 e. The molecule has 1 atom stereocenters. The van der Waals surface area contributed by atoms with Crippen molar-refractivity contribution in [2.75, 3.05) is 6.54 Å². The van der Waals surface area contributed by atoms with Crippen LogP contribution in [0.5, 0.6) is 0 Å². The molecule has 1 heterocycles. The number of pyridine rings is 1. The SMILES string of the molecule is CC(C)c1ccc(C(N)CNC(=O)c2cccn(C)c2=O)cc1. The first-order valence-electron chi connectivity index (χ1n) is 7.69. The van der Waals surface area contributed by atoms with Crippen LogP contribution in [0.1, 0.15) is 47.3 Å². The third kappa shape index (κ3) is 4.07. The van der Waals surface area contributed by atoms with E-state index >= 15 is 0 Å². The summed E-state index contributed by atoms with van der Waals surface area (Å²) in [5, 5.41) is 2.73. The molecule has 1 unspecified atom stereocenters. The maximum atomic E-state index is 12.1. The van der Waals surface area contributed by atoms with Gasteiger partial charge in [-0.05, 0) is 29.2 Å². The fraction of sp³-hybridized carbons (Fsp3) is 0.333. The number of carbonyl (C=O) groups excluding carboxylic acids is 1. The topological polar surface area (TPSA) is 77.1 Å². The molecular formula is C18H23N3O2. The minimum Gasteiger partial charge on any atom is -0.350 e. The Hall–Kier alpha value is -2.40. The molecule has 2 rings (SSSR count). The van der Waals surface area contributed by atoms with Gasteiger partial charge < -0.3 is 15.6 Å². The van der Waals surface area contributed by atoms with Crippen LogP contribution in [0.2, 0.25) is 0 Å². The van der Waals surface area contributed by atoms with Crippen molar-refractivity contribution < 1.29 is 4.79 Å². The minimum atomic E-state index is -0.402. The molecular weight excluding hydrogens is 290 g/mol. The van der Waals surface area contributed by atoms with Gasteiger partial charge in [0, 0.05) is 25.8 Å². The molecule has 3 N–H and O–H groups in total. The molecule has 0 aliphatic carbocycles. The van der Waals surface area contributed by atoms with Gasteiger partial charge in [-0.1, -0.05) is 38.1 Å². The van der Waals surface area contributed by atoms with E-state index in [9.17, 15) is 9.59 Å². The maximum absolute atomic E-state index is 12.1.